The molecule has 0 bridgehead atoms. The Morgan fingerprint density at radius 3 is 2.39 bits per heavy atom. The first-order valence-corrected chi connectivity index (χ1v) is 9.17. The van der Waals surface area contributed by atoms with Gasteiger partial charge in [-0.2, -0.15) is 0 Å². The Bertz CT molecular complexity index is 598. The quantitative estimate of drug-likeness (QED) is 0.769. The molecule has 0 spiro atoms. The number of hydrogen-bond acceptors (Lipinski definition) is 5. The summed E-state index contributed by atoms with van der Waals surface area (Å²) in [5.41, 5.74) is 5.89. The van der Waals surface area contributed by atoms with Gasteiger partial charge < -0.3 is 15.8 Å². The van der Waals surface area contributed by atoms with Gasteiger partial charge in [0.15, 0.2) is 9.84 Å². The number of ether oxygens (including phenoxy) is 1. The van der Waals surface area contributed by atoms with Crippen molar-refractivity contribution >= 4 is 33.8 Å². The van der Waals surface area contributed by atoms with Crippen LogP contribution >= 0.6 is 12.4 Å². The Morgan fingerprint density at radius 1 is 1.22 bits per heavy atom. The van der Waals surface area contributed by atoms with Gasteiger partial charge in [0.1, 0.15) is 18.1 Å². The molecule has 1 saturated carbocycles. The van der Waals surface area contributed by atoms with E-state index in [0.29, 0.717) is 37.4 Å². The first-order valence-electron chi connectivity index (χ1n) is 7.45. The summed E-state index contributed by atoms with van der Waals surface area (Å²) in [4.78, 5) is 11.9. The molecule has 6 nitrogen and oxygen atoms in total. The molecule has 1 amide bonds. The van der Waals surface area contributed by atoms with Gasteiger partial charge in [-0.25, -0.2) is 8.42 Å². The van der Waals surface area contributed by atoms with Crippen molar-refractivity contribution in [1.29, 1.82) is 0 Å². The van der Waals surface area contributed by atoms with E-state index < -0.39 is 21.5 Å². The summed E-state index contributed by atoms with van der Waals surface area (Å²) in [6.45, 7) is 0.850. The van der Waals surface area contributed by atoms with Gasteiger partial charge in [0, 0.05) is 12.2 Å². The number of carbonyl (C=O) groups excluding carboxylic acids is 1. The number of hydrogen-bond donors (Lipinski definition) is 2. The van der Waals surface area contributed by atoms with Crippen LogP contribution in [0.1, 0.15) is 25.7 Å². The van der Waals surface area contributed by atoms with Crippen molar-refractivity contribution in [3.05, 3.63) is 24.3 Å². The highest BCUT2D eigenvalue weighted by atomic mass is 35.5. The molecule has 1 aromatic carbocycles. The molecule has 130 valence electrons. The minimum Gasteiger partial charge on any atom is -0.492 e. The smallest absolute Gasteiger partial charge is 0.239 e. The summed E-state index contributed by atoms with van der Waals surface area (Å²) >= 11 is 0. The number of halogens is 1. The highest BCUT2D eigenvalue weighted by Crippen LogP contribution is 2.25. The summed E-state index contributed by atoms with van der Waals surface area (Å²) in [5.74, 6) is -0.298. The average Bonchev–Trinajstić information content (AvgIpc) is 3.01. The van der Waals surface area contributed by atoms with Crippen molar-refractivity contribution in [1.82, 2.24) is 0 Å². The number of amides is 1. The van der Waals surface area contributed by atoms with E-state index in [4.69, 9.17) is 10.5 Å². The maximum absolute atomic E-state index is 12.1. The van der Waals surface area contributed by atoms with Crippen LogP contribution in [0.25, 0.3) is 0 Å². The SMILES string of the molecule is Cl.NCCOc1ccc(NC(=O)CS(=O)(=O)C2CCCC2)cc1. The fraction of sp³-hybridized carbons (Fsp3) is 0.533. The van der Waals surface area contributed by atoms with Crippen LogP contribution in [0.5, 0.6) is 5.75 Å². The predicted octanol–water partition coefficient (Wildman–Crippen LogP) is 1.74. The van der Waals surface area contributed by atoms with Crippen molar-refractivity contribution < 1.29 is 17.9 Å². The second-order valence-electron chi connectivity index (χ2n) is 5.42. The molecule has 1 aliphatic rings. The molecule has 23 heavy (non-hydrogen) atoms. The molecule has 0 aromatic heterocycles. The highest BCUT2D eigenvalue weighted by molar-refractivity contribution is 7.92. The Balaban J connectivity index is 0.00000264. The lowest BCUT2D eigenvalue weighted by Gasteiger charge is -2.11. The minimum atomic E-state index is -3.35. The average molecular weight is 363 g/mol. The zero-order valence-corrected chi connectivity index (χ0v) is 14.5. The third kappa shape index (κ3) is 6.01. The van der Waals surface area contributed by atoms with Gasteiger partial charge in [0.05, 0.1) is 5.25 Å². The number of nitrogens with one attached hydrogen (secondary N) is 1. The van der Waals surface area contributed by atoms with Crippen molar-refractivity contribution in [3.63, 3.8) is 0 Å². The standard InChI is InChI=1S/C15H22N2O4S.ClH/c16-9-10-21-13-7-5-12(6-8-13)17-15(18)11-22(19,20)14-3-1-2-4-14;/h5-8,14H,1-4,9-11,16H2,(H,17,18);1H. The number of anilines is 1. The lowest BCUT2D eigenvalue weighted by molar-refractivity contribution is -0.113. The molecular weight excluding hydrogens is 340 g/mol. The van der Waals surface area contributed by atoms with Crippen LogP contribution in [0.2, 0.25) is 0 Å². The summed E-state index contributed by atoms with van der Waals surface area (Å²) < 4.78 is 29.6. The lowest BCUT2D eigenvalue weighted by atomic mass is 10.3. The highest BCUT2D eigenvalue weighted by Gasteiger charge is 2.30. The van der Waals surface area contributed by atoms with Crippen LogP contribution in [0.15, 0.2) is 24.3 Å². The van der Waals surface area contributed by atoms with E-state index in [1.807, 2.05) is 0 Å². The van der Waals surface area contributed by atoms with Gasteiger partial charge in [-0.3, -0.25) is 4.79 Å². The van der Waals surface area contributed by atoms with Gasteiger partial charge in [0.2, 0.25) is 5.91 Å². The summed E-state index contributed by atoms with van der Waals surface area (Å²) in [6, 6.07) is 6.76. The van der Waals surface area contributed by atoms with Gasteiger partial charge in [-0.1, -0.05) is 12.8 Å². The van der Waals surface area contributed by atoms with Crippen LogP contribution in [0, 0.1) is 0 Å². The van der Waals surface area contributed by atoms with Gasteiger partial charge in [0.25, 0.3) is 0 Å². The lowest BCUT2D eigenvalue weighted by Crippen LogP contribution is -2.29. The van der Waals surface area contributed by atoms with Crippen LogP contribution in [-0.2, 0) is 14.6 Å². The molecule has 0 atom stereocenters. The zero-order chi connectivity index (χ0) is 16.0. The molecule has 0 aliphatic heterocycles. The van der Waals surface area contributed by atoms with Crippen molar-refractivity contribution in [3.8, 4) is 5.75 Å². The number of carbonyl (C=O) groups is 1. The maximum Gasteiger partial charge on any atom is 0.239 e. The molecule has 1 aromatic rings. The van der Waals surface area contributed by atoms with E-state index in [1.54, 1.807) is 24.3 Å². The molecule has 0 radical (unpaired) electrons. The zero-order valence-electron chi connectivity index (χ0n) is 12.9. The Kier molecular flexibility index (Phi) is 7.81. The molecular formula is C15H23ClN2O4S. The normalized spacial score (nSPS) is 15.0. The molecule has 3 N–H and O–H groups in total. The molecule has 2 rings (SSSR count). The molecule has 0 unspecified atom stereocenters. The fourth-order valence-electron chi connectivity index (χ4n) is 2.56. The second kappa shape index (κ2) is 9.10. The first kappa shape index (κ1) is 19.7. The van der Waals surface area contributed by atoms with Crippen LogP contribution < -0.4 is 15.8 Å². The van der Waals surface area contributed by atoms with Gasteiger partial charge >= 0.3 is 0 Å². The molecule has 1 aliphatic carbocycles. The Hall–Kier alpha value is -1.31. The van der Waals surface area contributed by atoms with Gasteiger partial charge in [-0.15, -0.1) is 12.4 Å². The predicted molar refractivity (Wildman–Crippen MR) is 92.9 cm³/mol. The maximum atomic E-state index is 12.1. The van der Waals surface area contributed by atoms with Crippen molar-refractivity contribution in [2.24, 2.45) is 5.73 Å². The van der Waals surface area contributed by atoms with Crippen molar-refractivity contribution in [2.45, 2.75) is 30.9 Å². The summed E-state index contributed by atoms with van der Waals surface area (Å²) in [5, 5.41) is 2.25. The first-order chi connectivity index (χ1) is 10.5. The Morgan fingerprint density at radius 2 is 1.83 bits per heavy atom. The van der Waals surface area contributed by atoms with E-state index in [0.717, 1.165) is 12.8 Å². The molecule has 1 fully saturated rings. The number of nitrogens with two attached hydrogens (primary N) is 1. The van der Waals surface area contributed by atoms with Crippen LogP contribution in [0.4, 0.5) is 5.69 Å². The van der Waals surface area contributed by atoms with Gasteiger partial charge in [-0.05, 0) is 37.1 Å². The van der Waals surface area contributed by atoms with Crippen LogP contribution in [0.3, 0.4) is 0 Å². The molecule has 0 heterocycles. The summed E-state index contributed by atoms with van der Waals surface area (Å²) in [7, 11) is -3.35. The number of benzene rings is 1. The second-order valence-corrected chi connectivity index (χ2v) is 7.70. The number of rotatable bonds is 7. The van der Waals surface area contributed by atoms with E-state index in [9.17, 15) is 13.2 Å². The third-order valence-electron chi connectivity index (χ3n) is 3.67. The van der Waals surface area contributed by atoms with Crippen LogP contribution in [-0.4, -0.2) is 38.5 Å². The largest absolute Gasteiger partial charge is 0.492 e. The van der Waals surface area contributed by atoms with E-state index in [1.165, 1.54) is 0 Å². The fourth-order valence-corrected chi connectivity index (χ4v) is 4.28. The monoisotopic (exact) mass is 362 g/mol. The minimum absolute atomic E-state index is 0. The number of sulfone groups is 1. The third-order valence-corrected chi connectivity index (χ3v) is 5.82. The van der Waals surface area contributed by atoms with E-state index >= 15 is 0 Å². The molecule has 8 heteroatoms. The van der Waals surface area contributed by atoms with E-state index in [2.05, 4.69) is 5.32 Å². The summed E-state index contributed by atoms with van der Waals surface area (Å²) in [6.07, 6.45) is 3.19. The molecule has 0 saturated heterocycles. The van der Waals surface area contributed by atoms with Crippen molar-refractivity contribution in [2.75, 3.05) is 24.2 Å². The van der Waals surface area contributed by atoms with E-state index in [-0.39, 0.29) is 17.7 Å². The Labute approximate surface area is 143 Å². The topological polar surface area (TPSA) is 98.5 Å².